The lowest BCUT2D eigenvalue weighted by atomic mass is 10.2. The lowest BCUT2D eigenvalue weighted by Gasteiger charge is -2.06. The summed E-state index contributed by atoms with van der Waals surface area (Å²) in [5.74, 6) is 0.555. The average Bonchev–Trinajstić information content (AvgIpc) is 2.94. The summed E-state index contributed by atoms with van der Waals surface area (Å²) in [6.45, 7) is 6.47. The normalized spacial score (nSPS) is 11.1. The molecule has 0 radical (unpaired) electrons. The van der Waals surface area contributed by atoms with Crippen molar-refractivity contribution in [1.29, 1.82) is 0 Å². The molecule has 0 aromatic carbocycles. The van der Waals surface area contributed by atoms with E-state index < -0.39 is 5.97 Å². The van der Waals surface area contributed by atoms with E-state index in [0.717, 1.165) is 5.82 Å². The van der Waals surface area contributed by atoms with E-state index in [1.54, 1.807) is 22.4 Å². The van der Waals surface area contributed by atoms with E-state index in [0.29, 0.717) is 24.0 Å². The number of halogens is 1. The molecule has 0 saturated carbocycles. The lowest BCUT2D eigenvalue weighted by molar-refractivity contribution is 0.0451. The minimum Gasteiger partial charge on any atom is -0.461 e. The summed E-state index contributed by atoms with van der Waals surface area (Å²) in [6, 6.07) is 0. The van der Waals surface area contributed by atoms with Gasteiger partial charge in [-0.1, -0.05) is 30.7 Å². The van der Waals surface area contributed by atoms with E-state index in [-0.39, 0.29) is 11.6 Å². The first-order chi connectivity index (χ1) is 9.90. The summed E-state index contributed by atoms with van der Waals surface area (Å²) in [5.41, 5.74) is 0.874. The molecule has 0 amide bonds. The topological polar surface area (TPSA) is 74.8 Å². The van der Waals surface area contributed by atoms with Crippen molar-refractivity contribution in [3.8, 4) is 0 Å². The summed E-state index contributed by atoms with van der Waals surface area (Å²) >= 11 is 5.94. The van der Waals surface area contributed by atoms with Crippen LogP contribution < -0.4 is 0 Å². The molecule has 0 fully saturated rings. The van der Waals surface area contributed by atoms with E-state index in [1.165, 1.54) is 0 Å². The molecule has 21 heavy (non-hydrogen) atoms. The van der Waals surface area contributed by atoms with Crippen molar-refractivity contribution < 1.29 is 9.53 Å². The van der Waals surface area contributed by atoms with Gasteiger partial charge in [0, 0.05) is 7.05 Å². The van der Waals surface area contributed by atoms with Gasteiger partial charge >= 0.3 is 5.97 Å². The van der Waals surface area contributed by atoms with Gasteiger partial charge in [0.2, 0.25) is 0 Å². The second kappa shape index (κ2) is 6.26. The molecule has 2 rings (SSSR count). The van der Waals surface area contributed by atoms with E-state index in [1.807, 2.05) is 20.9 Å². The molecule has 0 aliphatic heterocycles. The van der Waals surface area contributed by atoms with Gasteiger partial charge in [-0.15, -0.1) is 5.10 Å². The molecule has 0 unspecified atom stereocenters. The molecule has 2 aromatic rings. The van der Waals surface area contributed by atoms with E-state index >= 15 is 0 Å². The Hall–Kier alpha value is -1.89. The van der Waals surface area contributed by atoms with Gasteiger partial charge in [0.05, 0.1) is 18.5 Å². The summed E-state index contributed by atoms with van der Waals surface area (Å²) < 4.78 is 8.52. The number of carbonyl (C=O) groups excluding carboxylic acids is 1. The third-order valence-corrected chi connectivity index (χ3v) is 3.39. The van der Waals surface area contributed by atoms with Crippen LogP contribution in [-0.2, 0) is 18.3 Å². The van der Waals surface area contributed by atoms with Crippen molar-refractivity contribution in [2.24, 2.45) is 13.0 Å². The fourth-order valence-corrected chi connectivity index (χ4v) is 1.86. The first-order valence-electron chi connectivity index (χ1n) is 6.63. The quantitative estimate of drug-likeness (QED) is 0.788. The molecule has 0 spiro atoms. The van der Waals surface area contributed by atoms with Gasteiger partial charge < -0.3 is 9.30 Å². The molecule has 0 aliphatic carbocycles. The van der Waals surface area contributed by atoms with Crippen LogP contribution in [0.2, 0.25) is 5.15 Å². The molecule has 7 nitrogen and oxygen atoms in total. The molecule has 0 atom stereocenters. The standard InChI is InChI=1S/C13H18ClN5O2/c1-8(2)7-21-13(20)12-9(3)19(17-16-12)6-11-15-5-10(14)18(11)4/h5,8H,6-7H2,1-4H3. The van der Waals surface area contributed by atoms with Gasteiger partial charge in [0.15, 0.2) is 5.69 Å². The Kier molecular flexibility index (Phi) is 4.62. The highest BCUT2D eigenvalue weighted by Gasteiger charge is 2.19. The Labute approximate surface area is 127 Å². The number of rotatable bonds is 5. The van der Waals surface area contributed by atoms with Gasteiger partial charge in [-0.25, -0.2) is 14.5 Å². The number of hydrogen-bond donors (Lipinski definition) is 0. The van der Waals surface area contributed by atoms with Crippen LogP contribution in [0.3, 0.4) is 0 Å². The van der Waals surface area contributed by atoms with Crippen molar-refractivity contribution in [3.63, 3.8) is 0 Å². The minimum atomic E-state index is -0.453. The predicted molar refractivity (Wildman–Crippen MR) is 77.2 cm³/mol. The zero-order valence-electron chi connectivity index (χ0n) is 12.5. The molecule has 114 valence electrons. The summed E-state index contributed by atoms with van der Waals surface area (Å²) in [6.07, 6.45) is 1.57. The fraction of sp³-hybridized carbons (Fsp3) is 0.538. The molecule has 2 heterocycles. The number of esters is 1. The summed E-state index contributed by atoms with van der Waals surface area (Å²) in [4.78, 5) is 16.1. The maximum absolute atomic E-state index is 11.9. The Morgan fingerprint density at radius 3 is 2.76 bits per heavy atom. The number of ether oxygens (including phenoxy) is 1. The largest absolute Gasteiger partial charge is 0.461 e. The molecule has 2 aromatic heterocycles. The van der Waals surface area contributed by atoms with Crippen molar-refractivity contribution in [2.75, 3.05) is 6.61 Å². The molecule has 0 saturated heterocycles. The predicted octanol–water partition coefficient (Wildman–Crippen LogP) is 1.83. The van der Waals surface area contributed by atoms with Crippen molar-refractivity contribution in [2.45, 2.75) is 27.3 Å². The Morgan fingerprint density at radius 2 is 2.19 bits per heavy atom. The Balaban J connectivity index is 2.13. The smallest absolute Gasteiger partial charge is 0.360 e. The van der Waals surface area contributed by atoms with Crippen LogP contribution in [0.4, 0.5) is 0 Å². The average molecular weight is 312 g/mol. The van der Waals surface area contributed by atoms with Crippen LogP contribution in [-0.4, -0.2) is 37.1 Å². The summed E-state index contributed by atoms with van der Waals surface area (Å²) in [5, 5.41) is 8.41. The second-order valence-electron chi connectivity index (χ2n) is 5.23. The zero-order chi connectivity index (χ0) is 15.6. The Morgan fingerprint density at radius 1 is 1.48 bits per heavy atom. The number of nitrogens with zero attached hydrogens (tertiary/aromatic N) is 5. The van der Waals surface area contributed by atoms with Gasteiger partial charge in [0.1, 0.15) is 17.5 Å². The molecule has 0 aliphatic rings. The highest BCUT2D eigenvalue weighted by atomic mass is 35.5. The minimum absolute atomic E-state index is 0.232. The van der Waals surface area contributed by atoms with Gasteiger partial charge in [-0.2, -0.15) is 0 Å². The van der Waals surface area contributed by atoms with Crippen LogP contribution >= 0.6 is 11.6 Å². The van der Waals surface area contributed by atoms with E-state index in [2.05, 4.69) is 15.3 Å². The van der Waals surface area contributed by atoms with Crippen LogP contribution in [0.15, 0.2) is 6.20 Å². The fourth-order valence-electron chi connectivity index (χ4n) is 1.71. The van der Waals surface area contributed by atoms with Gasteiger partial charge in [0.25, 0.3) is 0 Å². The molecular formula is C13H18ClN5O2. The van der Waals surface area contributed by atoms with E-state index in [9.17, 15) is 4.79 Å². The first kappa shape index (κ1) is 15.5. The van der Waals surface area contributed by atoms with Crippen LogP contribution in [0.25, 0.3) is 0 Å². The zero-order valence-corrected chi connectivity index (χ0v) is 13.3. The Bertz CT molecular complexity index is 647. The van der Waals surface area contributed by atoms with Crippen LogP contribution in [0.1, 0.15) is 35.9 Å². The number of aromatic nitrogens is 5. The highest BCUT2D eigenvalue weighted by Crippen LogP contribution is 2.12. The molecular weight excluding hydrogens is 294 g/mol. The van der Waals surface area contributed by atoms with Gasteiger partial charge in [-0.3, -0.25) is 0 Å². The molecule has 0 N–H and O–H groups in total. The third-order valence-electron chi connectivity index (χ3n) is 3.04. The third kappa shape index (κ3) is 3.41. The number of imidazole rings is 1. The van der Waals surface area contributed by atoms with E-state index in [4.69, 9.17) is 16.3 Å². The van der Waals surface area contributed by atoms with Crippen molar-refractivity contribution >= 4 is 17.6 Å². The lowest BCUT2D eigenvalue weighted by Crippen LogP contribution is -2.13. The first-order valence-corrected chi connectivity index (χ1v) is 7.01. The molecule has 0 bridgehead atoms. The summed E-state index contributed by atoms with van der Waals surface area (Å²) in [7, 11) is 1.81. The van der Waals surface area contributed by atoms with Crippen LogP contribution in [0, 0.1) is 12.8 Å². The number of carbonyl (C=O) groups is 1. The maximum Gasteiger partial charge on any atom is 0.360 e. The number of hydrogen-bond acceptors (Lipinski definition) is 5. The van der Waals surface area contributed by atoms with Crippen molar-refractivity contribution in [1.82, 2.24) is 24.5 Å². The second-order valence-corrected chi connectivity index (χ2v) is 5.62. The maximum atomic E-state index is 11.9. The van der Waals surface area contributed by atoms with Crippen molar-refractivity contribution in [3.05, 3.63) is 28.6 Å². The monoisotopic (exact) mass is 311 g/mol. The molecule has 8 heteroatoms. The highest BCUT2D eigenvalue weighted by molar-refractivity contribution is 6.29. The SMILES string of the molecule is Cc1c(C(=O)OCC(C)C)nnn1Cc1ncc(Cl)n1C. The van der Waals surface area contributed by atoms with Crippen LogP contribution in [0.5, 0.6) is 0 Å². The van der Waals surface area contributed by atoms with Gasteiger partial charge in [-0.05, 0) is 12.8 Å².